The normalized spacial score (nSPS) is 11.6. The number of fused-ring (bicyclic) bond motifs is 9. The standard InChI is InChI=1S/C63H40N4/c1-4-17-41(18-5-1)61-64-62(42-19-6-2-7-20-42)66-63(65-61)48-24-15-22-44(38-48)43-21-14-23-47(37-43)50-31-16-32-59-60(50)57-40-46(34-36-58(57)67(59)49-25-8-3-9-26-49)45-33-35-55-53-29-11-10-27-51(53)52-28-12-13-30-54(52)56(55)39-45/h1-40H. The Bertz CT molecular complexity index is 3930. The smallest absolute Gasteiger partial charge is 0.164 e. The van der Waals surface area contributed by atoms with E-state index in [1.807, 2.05) is 60.7 Å². The zero-order chi connectivity index (χ0) is 44.3. The van der Waals surface area contributed by atoms with Gasteiger partial charge in [-0.15, -0.1) is 0 Å². The van der Waals surface area contributed by atoms with E-state index in [1.165, 1.54) is 65.3 Å². The second-order valence-electron chi connectivity index (χ2n) is 17.2. The molecule has 2 aromatic heterocycles. The van der Waals surface area contributed by atoms with Crippen molar-refractivity contribution in [3.8, 4) is 73.2 Å². The van der Waals surface area contributed by atoms with E-state index in [2.05, 4.69) is 187 Å². The number of benzene rings is 11. The highest BCUT2D eigenvalue weighted by Crippen LogP contribution is 2.43. The van der Waals surface area contributed by atoms with Crippen LogP contribution in [-0.2, 0) is 0 Å². The molecule has 0 aliphatic rings. The summed E-state index contributed by atoms with van der Waals surface area (Å²) in [6.07, 6.45) is 0. The lowest BCUT2D eigenvalue weighted by molar-refractivity contribution is 1.07. The number of rotatable bonds is 7. The molecule has 0 atom stereocenters. The Hall–Kier alpha value is -8.99. The average molecular weight is 853 g/mol. The van der Waals surface area contributed by atoms with Crippen molar-refractivity contribution >= 4 is 54.1 Å². The summed E-state index contributed by atoms with van der Waals surface area (Å²) in [5.41, 5.74) is 13.2. The Morgan fingerprint density at radius 2 is 0.657 bits per heavy atom. The van der Waals surface area contributed by atoms with Crippen LogP contribution in [0.4, 0.5) is 0 Å². The Morgan fingerprint density at radius 1 is 0.239 bits per heavy atom. The zero-order valence-corrected chi connectivity index (χ0v) is 36.4. The first-order valence-corrected chi connectivity index (χ1v) is 22.8. The van der Waals surface area contributed by atoms with E-state index in [1.54, 1.807) is 0 Å². The number of hydrogen-bond donors (Lipinski definition) is 0. The van der Waals surface area contributed by atoms with Crippen LogP contribution in [0.1, 0.15) is 0 Å². The molecule has 312 valence electrons. The minimum absolute atomic E-state index is 0.632. The van der Waals surface area contributed by atoms with Gasteiger partial charge in [0, 0.05) is 33.2 Å². The van der Waals surface area contributed by atoms with Crippen LogP contribution in [0, 0.1) is 0 Å². The first-order chi connectivity index (χ1) is 33.2. The molecule has 0 fully saturated rings. The van der Waals surface area contributed by atoms with Crippen molar-refractivity contribution in [2.75, 3.05) is 0 Å². The summed E-state index contributed by atoms with van der Waals surface area (Å²) < 4.78 is 2.41. The quantitative estimate of drug-likeness (QED) is 0.150. The van der Waals surface area contributed by atoms with Gasteiger partial charge in [0.25, 0.3) is 0 Å². The van der Waals surface area contributed by atoms with Crippen LogP contribution in [0.15, 0.2) is 243 Å². The maximum atomic E-state index is 5.03. The van der Waals surface area contributed by atoms with Crippen LogP contribution < -0.4 is 0 Å². The van der Waals surface area contributed by atoms with Gasteiger partial charge in [-0.25, -0.2) is 15.0 Å². The Kier molecular flexibility index (Phi) is 9.14. The van der Waals surface area contributed by atoms with Crippen LogP contribution in [0.2, 0.25) is 0 Å². The van der Waals surface area contributed by atoms with Gasteiger partial charge in [-0.05, 0) is 114 Å². The number of para-hydroxylation sites is 1. The van der Waals surface area contributed by atoms with Gasteiger partial charge in [-0.3, -0.25) is 0 Å². The third kappa shape index (κ3) is 6.65. The van der Waals surface area contributed by atoms with Crippen molar-refractivity contribution in [1.29, 1.82) is 0 Å². The third-order valence-electron chi connectivity index (χ3n) is 13.2. The maximum Gasteiger partial charge on any atom is 0.164 e. The fraction of sp³-hybridized carbons (Fsp3) is 0. The molecule has 0 spiro atoms. The fourth-order valence-corrected chi connectivity index (χ4v) is 10.1. The Balaban J connectivity index is 0.957. The van der Waals surface area contributed by atoms with Gasteiger partial charge in [0.2, 0.25) is 0 Å². The second-order valence-corrected chi connectivity index (χ2v) is 17.2. The summed E-state index contributed by atoms with van der Waals surface area (Å²) in [6.45, 7) is 0. The first-order valence-electron chi connectivity index (χ1n) is 22.8. The highest BCUT2D eigenvalue weighted by atomic mass is 15.0. The molecule has 0 saturated heterocycles. The summed E-state index contributed by atoms with van der Waals surface area (Å²) in [6, 6.07) is 86.7. The minimum atomic E-state index is 0.632. The van der Waals surface area contributed by atoms with Gasteiger partial charge in [0.05, 0.1) is 11.0 Å². The van der Waals surface area contributed by atoms with E-state index in [9.17, 15) is 0 Å². The average Bonchev–Trinajstić information content (AvgIpc) is 3.75. The third-order valence-corrected chi connectivity index (χ3v) is 13.2. The number of nitrogens with zero attached hydrogens (tertiary/aromatic N) is 4. The predicted octanol–water partition coefficient (Wildman–Crippen LogP) is 16.4. The van der Waals surface area contributed by atoms with Gasteiger partial charge >= 0.3 is 0 Å². The molecule has 0 N–H and O–H groups in total. The van der Waals surface area contributed by atoms with Crippen LogP contribution in [0.5, 0.6) is 0 Å². The molecule has 67 heavy (non-hydrogen) atoms. The lowest BCUT2D eigenvalue weighted by Gasteiger charge is -2.12. The first kappa shape index (κ1) is 38.5. The molecule has 4 nitrogen and oxygen atoms in total. The van der Waals surface area contributed by atoms with Crippen molar-refractivity contribution in [3.05, 3.63) is 243 Å². The fourth-order valence-electron chi connectivity index (χ4n) is 10.1. The van der Waals surface area contributed by atoms with Gasteiger partial charge in [0.15, 0.2) is 17.5 Å². The topological polar surface area (TPSA) is 43.6 Å². The largest absolute Gasteiger partial charge is 0.309 e. The summed E-state index contributed by atoms with van der Waals surface area (Å²) in [5, 5.41) is 10.1. The lowest BCUT2D eigenvalue weighted by atomic mass is 9.91. The molecule has 13 aromatic rings. The van der Waals surface area contributed by atoms with E-state index < -0.39 is 0 Å². The summed E-state index contributed by atoms with van der Waals surface area (Å²) in [4.78, 5) is 15.0. The van der Waals surface area contributed by atoms with E-state index in [0.717, 1.165) is 44.6 Å². The molecular formula is C63H40N4. The van der Waals surface area contributed by atoms with Crippen molar-refractivity contribution in [2.24, 2.45) is 0 Å². The molecule has 2 heterocycles. The van der Waals surface area contributed by atoms with Crippen molar-refractivity contribution < 1.29 is 0 Å². The summed E-state index contributed by atoms with van der Waals surface area (Å²) in [7, 11) is 0. The molecular weight excluding hydrogens is 813 g/mol. The maximum absolute atomic E-state index is 5.03. The lowest BCUT2D eigenvalue weighted by Crippen LogP contribution is -2.00. The number of aromatic nitrogens is 4. The van der Waals surface area contributed by atoms with E-state index in [-0.39, 0.29) is 0 Å². The molecule has 0 amide bonds. The second kappa shape index (κ2) is 15.9. The van der Waals surface area contributed by atoms with Gasteiger partial charge in [-0.1, -0.05) is 194 Å². The summed E-state index contributed by atoms with van der Waals surface area (Å²) in [5.74, 6) is 1.92. The van der Waals surface area contributed by atoms with Crippen molar-refractivity contribution in [2.45, 2.75) is 0 Å². The molecule has 0 saturated carbocycles. The SMILES string of the molecule is c1ccc(-c2nc(-c3ccccc3)nc(-c3cccc(-c4cccc(-c5cccc6c5c5cc(-c7ccc8c9ccccc9c9ccccc9c8c7)ccc5n6-c5ccccc5)c4)c3)n2)cc1. The van der Waals surface area contributed by atoms with E-state index >= 15 is 0 Å². The number of hydrogen-bond acceptors (Lipinski definition) is 3. The highest BCUT2D eigenvalue weighted by Gasteiger charge is 2.19. The van der Waals surface area contributed by atoms with Crippen LogP contribution in [0.25, 0.3) is 127 Å². The van der Waals surface area contributed by atoms with E-state index in [4.69, 9.17) is 15.0 Å². The van der Waals surface area contributed by atoms with Gasteiger partial charge in [-0.2, -0.15) is 0 Å². The predicted molar refractivity (Wildman–Crippen MR) is 279 cm³/mol. The zero-order valence-electron chi connectivity index (χ0n) is 36.4. The van der Waals surface area contributed by atoms with Gasteiger partial charge < -0.3 is 4.57 Å². The van der Waals surface area contributed by atoms with Crippen LogP contribution >= 0.6 is 0 Å². The molecule has 0 aliphatic carbocycles. The van der Waals surface area contributed by atoms with Crippen LogP contribution in [-0.4, -0.2) is 19.5 Å². The van der Waals surface area contributed by atoms with E-state index in [0.29, 0.717) is 17.5 Å². The van der Waals surface area contributed by atoms with Crippen LogP contribution in [0.3, 0.4) is 0 Å². The molecule has 11 aromatic carbocycles. The van der Waals surface area contributed by atoms with Crippen molar-refractivity contribution in [1.82, 2.24) is 19.5 Å². The Morgan fingerprint density at radius 3 is 1.27 bits per heavy atom. The monoisotopic (exact) mass is 852 g/mol. The Labute approximate surface area is 387 Å². The molecule has 13 rings (SSSR count). The van der Waals surface area contributed by atoms with Crippen molar-refractivity contribution in [3.63, 3.8) is 0 Å². The summed E-state index contributed by atoms with van der Waals surface area (Å²) >= 11 is 0. The molecule has 0 aliphatic heterocycles. The molecule has 0 radical (unpaired) electrons. The molecule has 0 unspecified atom stereocenters. The molecule has 0 bridgehead atoms. The molecule has 4 heteroatoms. The highest BCUT2D eigenvalue weighted by molar-refractivity contribution is 6.26. The minimum Gasteiger partial charge on any atom is -0.309 e. The van der Waals surface area contributed by atoms with Gasteiger partial charge in [0.1, 0.15) is 0 Å².